The third kappa shape index (κ3) is 5.02. The number of halogens is 1. The minimum atomic E-state index is -0.431. The molecule has 2 N–H and O–H groups in total. The van der Waals surface area contributed by atoms with E-state index in [1.807, 2.05) is 37.3 Å². The van der Waals surface area contributed by atoms with Gasteiger partial charge in [-0.2, -0.15) is 0 Å². The Kier molecular flexibility index (Phi) is 5.99. The second-order valence-electron chi connectivity index (χ2n) is 6.18. The average molecular weight is 382 g/mol. The average Bonchev–Trinajstić information content (AvgIpc) is 2.67. The Labute approximate surface area is 163 Å². The number of carbonyl (C=O) groups excluding carboxylic acids is 1. The van der Waals surface area contributed by atoms with E-state index in [0.29, 0.717) is 23.1 Å². The molecule has 138 valence electrons. The number of nitrogens with one attached hydrogen (secondary N) is 1. The Bertz CT molecular complexity index is 942. The predicted octanol–water partition coefficient (Wildman–Crippen LogP) is 5.23. The van der Waals surface area contributed by atoms with Crippen LogP contribution in [0, 0.1) is 6.92 Å². The number of benzene rings is 3. The van der Waals surface area contributed by atoms with Crippen molar-refractivity contribution in [3.8, 4) is 11.5 Å². The summed E-state index contributed by atoms with van der Waals surface area (Å²) in [5, 5.41) is 13.1. The molecule has 5 heteroatoms. The lowest BCUT2D eigenvalue weighted by atomic mass is 10.1. The molecular formula is C22H20ClNO3. The number of aromatic hydroxyl groups is 1. The lowest BCUT2D eigenvalue weighted by Gasteiger charge is -2.12. The highest BCUT2D eigenvalue weighted by Gasteiger charge is 2.13. The maximum Gasteiger partial charge on any atom is 0.259 e. The molecule has 1 amide bonds. The first-order chi connectivity index (χ1) is 13.0. The molecule has 0 saturated heterocycles. The number of phenolic OH excluding ortho intramolecular Hbond substituents is 1. The fourth-order valence-electron chi connectivity index (χ4n) is 2.64. The Morgan fingerprint density at radius 2 is 1.85 bits per heavy atom. The van der Waals surface area contributed by atoms with E-state index in [0.717, 1.165) is 12.0 Å². The molecule has 0 heterocycles. The van der Waals surface area contributed by atoms with Crippen molar-refractivity contribution < 1.29 is 14.6 Å². The van der Waals surface area contributed by atoms with Crippen LogP contribution < -0.4 is 10.1 Å². The van der Waals surface area contributed by atoms with Gasteiger partial charge in [0.2, 0.25) is 0 Å². The van der Waals surface area contributed by atoms with Gasteiger partial charge < -0.3 is 15.2 Å². The molecule has 0 aliphatic rings. The molecule has 0 aliphatic heterocycles. The Balaban J connectivity index is 1.68. The monoisotopic (exact) mass is 381 g/mol. The van der Waals surface area contributed by atoms with E-state index in [1.165, 1.54) is 23.8 Å². The van der Waals surface area contributed by atoms with Gasteiger partial charge in [-0.25, -0.2) is 0 Å². The molecule has 4 nitrogen and oxygen atoms in total. The summed E-state index contributed by atoms with van der Waals surface area (Å²) in [5.74, 6) is 0.117. The molecule has 3 aromatic carbocycles. The minimum Gasteiger partial charge on any atom is -0.507 e. The van der Waals surface area contributed by atoms with Gasteiger partial charge in [0.25, 0.3) is 5.91 Å². The molecule has 0 saturated carbocycles. The van der Waals surface area contributed by atoms with Gasteiger partial charge in [-0.15, -0.1) is 0 Å². The zero-order chi connectivity index (χ0) is 19.2. The molecule has 0 bridgehead atoms. The summed E-state index contributed by atoms with van der Waals surface area (Å²) >= 11 is 5.92. The molecule has 3 rings (SSSR count). The highest BCUT2D eigenvalue weighted by Crippen LogP contribution is 2.26. The highest BCUT2D eigenvalue weighted by molar-refractivity contribution is 6.31. The fraction of sp³-hybridized carbons (Fsp3) is 0.136. The van der Waals surface area contributed by atoms with Crippen LogP contribution in [0.1, 0.15) is 21.5 Å². The zero-order valence-electron chi connectivity index (χ0n) is 14.9. The molecule has 0 radical (unpaired) electrons. The van der Waals surface area contributed by atoms with E-state index < -0.39 is 5.91 Å². The van der Waals surface area contributed by atoms with Crippen molar-refractivity contribution in [3.63, 3.8) is 0 Å². The van der Waals surface area contributed by atoms with Crippen LogP contribution in [-0.2, 0) is 6.42 Å². The highest BCUT2D eigenvalue weighted by atomic mass is 35.5. The molecule has 27 heavy (non-hydrogen) atoms. The summed E-state index contributed by atoms with van der Waals surface area (Å²) in [5.41, 5.74) is 2.84. The lowest BCUT2D eigenvalue weighted by Crippen LogP contribution is -2.13. The smallest absolute Gasteiger partial charge is 0.259 e. The van der Waals surface area contributed by atoms with Gasteiger partial charge in [0, 0.05) is 23.2 Å². The standard InChI is InChI=1S/C22H20ClNO3/c1-15-7-9-18(27-12-11-16-5-3-2-4-6-16)14-20(15)24-22(26)19-13-17(23)8-10-21(19)25/h2-10,13-14,25H,11-12H2,1H3,(H,24,26). The number of phenols is 1. The number of hydrogen-bond acceptors (Lipinski definition) is 3. The number of anilines is 1. The second-order valence-corrected chi connectivity index (χ2v) is 6.61. The van der Waals surface area contributed by atoms with Gasteiger partial charge in [-0.1, -0.05) is 48.0 Å². The topological polar surface area (TPSA) is 58.6 Å². The third-order valence-corrected chi connectivity index (χ3v) is 4.40. The molecule has 0 atom stereocenters. The van der Waals surface area contributed by atoms with Crippen molar-refractivity contribution in [2.75, 3.05) is 11.9 Å². The van der Waals surface area contributed by atoms with Gasteiger partial charge in [-0.05, 0) is 42.3 Å². The number of carbonyl (C=O) groups is 1. The van der Waals surface area contributed by atoms with Crippen molar-refractivity contribution in [1.82, 2.24) is 0 Å². The Morgan fingerprint density at radius 3 is 2.63 bits per heavy atom. The summed E-state index contributed by atoms with van der Waals surface area (Å²) in [6.45, 7) is 2.43. The fourth-order valence-corrected chi connectivity index (χ4v) is 2.81. The first-order valence-electron chi connectivity index (χ1n) is 8.60. The minimum absolute atomic E-state index is 0.121. The summed E-state index contributed by atoms with van der Waals surface area (Å²) in [4.78, 5) is 12.5. The summed E-state index contributed by atoms with van der Waals surface area (Å²) in [7, 11) is 0. The van der Waals surface area contributed by atoms with Gasteiger partial charge in [0.15, 0.2) is 0 Å². The molecule has 0 unspecified atom stereocenters. The number of hydrogen-bond donors (Lipinski definition) is 2. The van der Waals surface area contributed by atoms with Crippen LogP contribution in [0.15, 0.2) is 66.7 Å². The van der Waals surface area contributed by atoms with Crippen LogP contribution in [-0.4, -0.2) is 17.6 Å². The predicted molar refractivity (Wildman–Crippen MR) is 108 cm³/mol. The van der Waals surface area contributed by atoms with Gasteiger partial charge in [-0.3, -0.25) is 4.79 Å². The molecular weight excluding hydrogens is 362 g/mol. The third-order valence-electron chi connectivity index (χ3n) is 4.16. The van der Waals surface area contributed by atoms with E-state index in [-0.39, 0.29) is 11.3 Å². The number of aryl methyl sites for hydroxylation is 1. The van der Waals surface area contributed by atoms with Gasteiger partial charge in [0.05, 0.1) is 12.2 Å². The number of amides is 1. The number of rotatable bonds is 6. The second kappa shape index (κ2) is 8.60. The van der Waals surface area contributed by atoms with Gasteiger partial charge in [0.1, 0.15) is 11.5 Å². The lowest BCUT2D eigenvalue weighted by molar-refractivity contribution is 0.102. The number of ether oxygens (including phenoxy) is 1. The maximum atomic E-state index is 12.5. The summed E-state index contributed by atoms with van der Waals surface area (Å²) < 4.78 is 5.81. The molecule has 3 aromatic rings. The molecule has 0 aliphatic carbocycles. The maximum absolute atomic E-state index is 12.5. The van der Waals surface area contributed by atoms with E-state index in [2.05, 4.69) is 17.4 Å². The van der Waals surface area contributed by atoms with Crippen molar-refractivity contribution in [1.29, 1.82) is 0 Å². The summed E-state index contributed by atoms with van der Waals surface area (Å²) in [6.07, 6.45) is 0.798. The summed E-state index contributed by atoms with van der Waals surface area (Å²) in [6, 6.07) is 20.0. The van der Waals surface area contributed by atoms with Crippen LogP contribution in [0.5, 0.6) is 11.5 Å². The first-order valence-corrected chi connectivity index (χ1v) is 8.98. The molecule has 0 spiro atoms. The van der Waals surface area contributed by atoms with E-state index >= 15 is 0 Å². The van der Waals surface area contributed by atoms with Crippen LogP contribution in [0.3, 0.4) is 0 Å². The van der Waals surface area contributed by atoms with Crippen molar-refractivity contribution in [3.05, 3.63) is 88.4 Å². The SMILES string of the molecule is Cc1ccc(OCCc2ccccc2)cc1NC(=O)c1cc(Cl)ccc1O. The van der Waals surface area contributed by atoms with E-state index in [1.54, 1.807) is 6.07 Å². The van der Waals surface area contributed by atoms with Crippen LogP contribution in [0.4, 0.5) is 5.69 Å². The van der Waals surface area contributed by atoms with Crippen molar-refractivity contribution in [2.24, 2.45) is 0 Å². The zero-order valence-corrected chi connectivity index (χ0v) is 15.7. The molecule has 0 aromatic heterocycles. The normalized spacial score (nSPS) is 10.4. The molecule has 0 fully saturated rings. The van der Waals surface area contributed by atoms with Gasteiger partial charge >= 0.3 is 0 Å². The quantitative estimate of drug-likeness (QED) is 0.614. The largest absolute Gasteiger partial charge is 0.507 e. The van der Waals surface area contributed by atoms with Crippen LogP contribution in [0.25, 0.3) is 0 Å². The van der Waals surface area contributed by atoms with Crippen molar-refractivity contribution >= 4 is 23.2 Å². The Hall–Kier alpha value is -2.98. The first kappa shape index (κ1) is 18.8. The van der Waals surface area contributed by atoms with Crippen LogP contribution >= 0.6 is 11.6 Å². The van der Waals surface area contributed by atoms with E-state index in [4.69, 9.17) is 16.3 Å². The van der Waals surface area contributed by atoms with Crippen molar-refractivity contribution in [2.45, 2.75) is 13.3 Å². The van der Waals surface area contributed by atoms with E-state index in [9.17, 15) is 9.90 Å². The van der Waals surface area contributed by atoms with Crippen LogP contribution in [0.2, 0.25) is 5.02 Å². The Morgan fingerprint density at radius 1 is 1.07 bits per heavy atom.